The molecule has 0 fully saturated rings. The van der Waals surface area contributed by atoms with Gasteiger partial charge in [0.1, 0.15) is 10.6 Å². The number of hydrogen-bond donors (Lipinski definition) is 2. The second-order valence-electron chi connectivity index (χ2n) is 4.07. The monoisotopic (exact) mass is 315 g/mol. The zero-order valence-electron chi connectivity index (χ0n) is 10.8. The third-order valence-electron chi connectivity index (χ3n) is 2.28. The first-order valence-corrected chi connectivity index (χ1v) is 8.32. The molecule has 0 aliphatic carbocycles. The van der Waals surface area contributed by atoms with Gasteiger partial charge in [0.05, 0.1) is 24.8 Å². The molecule has 9 heteroatoms. The molecular weight excluding hydrogens is 302 g/mol. The highest BCUT2D eigenvalue weighted by Crippen LogP contribution is 2.23. The minimum Gasteiger partial charge on any atom is -0.467 e. The van der Waals surface area contributed by atoms with Crippen LogP contribution in [0.5, 0.6) is 0 Å². The normalized spacial score (nSPS) is 11.3. The predicted molar refractivity (Wildman–Crippen MR) is 75.2 cm³/mol. The summed E-state index contributed by atoms with van der Waals surface area (Å²) in [7, 11) is -3.40. The third-order valence-corrected chi connectivity index (χ3v) is 4.04. The third kappa shape index (κ3) is 3.81. The Balaban J connectivity index is 2.06. The summed E-state index contributed by atoms with van der Waals surface area (Å²) in [6.07, 6.45) is 2.55. The van der Waals surface area contributed by atoms with Crippen LogP contribution in [0.15, 0.2) is 22.8 Å². The highest BCUT2D eigenvalue weighted by Gasteiger charge is 2.17. The Morgan fingerprint density at radius 1 is 1.50 bits per heavy atom. The number of aryl methyl sites for hydroxylation is 1. The number of hydrogen-bond acceptors (Lipinski definition) is 6. The average molecular weight is 315 g/mol. The number of thiazole rings is 1. The number of rotatable bonds is 5. The molecule has 0 saturated carbocycles. The molecule has 2 aromatic rings. The summed E-state index contributed by atoms with van der Waals surface area (Å²) in [5.74, 6) is 0.313. The molecule has 7 nitrogen and oxygen atoms in total. The zero-order chi connectivity index (χ0) is 14.8. The molecular formula is C11H13N3O4S2. The first kappa shape index (κ1) is 14.5. The summed E-state index contributed by atoms with van der Waals surface area (Å²) < 4.78 is 29.6. The van der Waals surface area contributed by atoms with Crippen LogP contribution >= 0.6 is 11.3 Å². The van der Waals surface area contributed by atoms with Crippen LogP contribution in [0.1, 0.15) is 21.1 Å². The lowest BCUT2D eigenvalue weighted by Gasteiger charge is -2.01. The lowest BCUT2D eigenvalue weighted by atomic mass is 10.3. The van der Waals surface area contributed by atoms with E-state index in [1.54, 1.807) is 19.1 Å². The van der Waals surface area contributed by atoms with E-state index in [9.17, 15) is 13.2 Å². The van der Waals surface area contributed by atoms with Crippen LogP contribution in [0.3, 0.4) is 0 Å². The van der Waals surface area contributed by atoms with Crippen molar-refractivity contribution in [1.82, 2.24) is 10.3 Å². The smallest absolute Gasteiger partial charge is 0.263 e. The van der Waals surface area contributed by atoms with Crippen molar-refractivity contribution in [3.63, 3.8) is 0 Å². The number of furan rings is 1. The fourth-order valence-electron chi connectivity index (χ4n) is 1.47. The summed E-state index contributed by atoms with van der Waals surface area (Å²) in [5.41, 5.74) is 0.470. The number of anilines is 1. The maximum absolute atomic E-state index is 12.0. The molecule has 0 aliphatic rings. The Bertz CT molecular complexity index is 704. The van der Waals surface area contributed by atoms with Gasteiger partial charge in [0.25, 0.3) is 5.91 Å². The summed E-state index contributed by atoms with van der Waals surface area (Å²) in [5, 5.41) is 2.85. The molecule has 0 bridgehead atoms. The van der Waals surface area contributed by atoms with E-state index in [0.29, 0.717) is 16.3 Å². The highest BCUT2D eigenvalue weighted by molar-refractivity contribution is 7.92. The van der Waals surface area contributed by atoms with Gasteiger partial charge in [-0.1, -0.05) is 11.3 Å². The first-order valence-electron chi connectivity index (χ1n) is 5.61. The molecule has 0 aliphatic heterocycles. The summed E-state index contributed by atoms with van der Waals surface area (Å²) in [4.78, 5) is 16.3. The van der Waals surface area contributed by atoms with E-state index in [1.165, 1.54) is 6.26 Å². The van der Waals surface area contributed by atoms with Crippen molar-refractivity contribution in [2.75, 3.05) is 11.0 Å². The molecule has 2 N–H and O–H groups in total. The Morgan fingerprint density at radius 3 is 2.85 bits per heavy atom. The van der Waals surface area contributed by atoms with Gasteiger partial charge >= 0.3 is 0 Å². The predicted octanol–water partition coefficient (Wildman–Crippen LogP) is 1.35. The Morgan fingerprint density at radius 2 is 2.25 bits per heavy atom. The molecule has 0 unspecified atom stereocenters. The Hall–Kier alpha value is -1.87. The SMILES string of the molecule is Cc1nc(NS(C)(=O)=O)sc1C(=O)NCc1ccco1. The molecule has 0 radical (unpaired) electrons. The van der Waals surface area contributed by atoms with E-state index in [4.69, 9.17) is 4.42 Å². The Kier molecular flexibility index (Phi) is 4.09. The summed E-state index contributed by atoms with van der Waals surface area (Å²) in [6, 6.07) is 3.48. The van der Waals surface area contributed by atoms with Crippen LogP contribution in [0, 0.1) is 6.92 Å². The molecule has 2 aromatic heterocycles. The second kappa shape index (κ2) is 5.63. The average Bonchev–Trinajstić information content (AvgIpc) is 2.93. The quantitative estimate of drug-likeness (QED) is 0.867. The van der Waals surface area contributed by atoms with Crippen LogP contribution in [-0.2, 0) is 16.6 Å². The van der Waals surface area contributed by atoms with Crippen LogP contribution < -0.4 is 10.0 Å². The highest BCUT2D eigenvalue weighted by atomic mass is 32.2. The second-order valence-corrected chi connectivity index (χ2v) is 6.82. The summed E-state index contributed by atoms with van der Waals surface area (Å²) >= 11 is 0.988. The van der Waals surface area contributed by atoms with Crippen LogP contribution in [0.4, 0.5) is 5.13 Å². The Labute approximate surface area is 120 Å². The molecule has 0 aromatic carbocycles. The van der Waals surface area contributed by atoms with Gasteiger partial charge in [-0.15, -0.1) is 0 Å². The van der Waals surface area contributed by atoms with Crippen molar-refractivity contribution >= 4 is 32.4 Å². The zero-order valence-corrected chi connectivity index (χ0v) is 12.5. The summed E-state index contributed by atoms with van der Waals surface area (Å²) in [6.45, 7) is 1.91. The number of sulfonamides is 1. The van der Waals surface area contributed by atoms with Crippen molar-refractivity contribution < 1.29 is 17.6 Å². The van der Waals surface area contributed by atoms with Gasteiger partial charge in [0, 0.05) is 0 Å². The minimum atomic E-state index is -3.40. The van der Waals surface area contributed by atoms with Gasteiger partial charge in [0.15, 0.2) is 5.13 Å². The fourth-order valence-corrected chi connectivity index (χ4v) is 3.19. The van der Waals surface area contributed by atoms with Gasteiger partial charge in [0.2, 0.25) is 10.0 Å². The fraction of sp³-hybridized carbons (Fsp3) is 0.273. The number of amides is 1. The standard InChI is InChI=1S/C11H13N3O4S2/c1-7-9(19-11(13-7)14-20(2,16)17)10(15)12-6-8-4-3-5-18-8/h3-5H,6H2,1-2H3,(H,12,15)(H,13,14). The van der Waals surface area contributed by atoms with E-state index in [2.05, 4.69) is 15.0 Å². The maximum atomic E-state index is 12.0. The molecule has 2 rings (SSSR count). The number of aromatic nitrogens is 1. The number of nitrogens with zero attached hydrogens (tertiary/aromatic N) is 1. The van der Waals surface area contributed by atoms with Crippen molar-refractivity contribution in [2.45, 2.75) is 13.5 Å². The van der Waals surface area contributed by atoms with Gasteiger partial charge in [-0.2, -0.15) is 0 Å². The van der Waals surface area contributed by atoms with Gasteiger partial charge < -0.3 is 9.73 Å². The maximum Gasteiger partial charge on any atom is 0.263 e. The number of nitrogens with one attached hydrogen (secondary N) is 2. The van der Waals surface area contributed by atoms with E-state index in [1.807, 2.05) is 0 Å². The van der Waals surface area contributed by atoms with Crippen molar-refractivity contribution in [3.8, 4) is 0 Å². The number of carbonyl (C=O) groups excluding carboxylic acids is 1. The minimum absolute atomic E-state index is 0.174. The molecule has 0 saturated heterocycles. The van der Waals surface area contributed by atoms with Crippen molar-refractivity contribution in [2.24, 2.45) is 0 Å². The van der Waals surface area contributed by atoms with E-state index >= 15 is 0 Å². The molecule has 1 amide bonds. The van der Waals surface area contributed by atoms with E-state index < -0.39 is 10.0 Å². The lowest BCUT2D eigenvalue weighted by molar-refractivity contribution is 0.0951. The largest absolute Gasteiger partial charge is 0.467 e. The van der Waals surface area contributed by atoms with Gasteiger partial charge in [-0.3, -0.25) is 9.52 Å². The first-order chi connectivity index (χ1) is 9.35. The van der Waals surface area contributed by atoms with Crippen molar-refractivity contribution in [1.29, 1.82) is 0 Å². The molecule has 20 heavy (non-hydrogen) atoms. The van der Waals surface area contributed by atoms with Crippen LogP contribution in [-0.4, -0.2) is 25.6 Å². The molecule has 0 spiro atoms. The molecule has 108 valence electrons. The van der Waals surface area contributed by atoms with Crippen LogP contribution in [0.25, 0.3) is 0 Å². The molecule has 0 atom stereocenters. The topological polar surface area (TPSA) is 101 Å². The number of carbonyl (C=O) groups is 1. The van der Waals surface area contributed by atoms with Gasteiger partial charge in [-0.05, 0) is 19.1 Å². The lowest BCUT2D eigenvalue weighted by Crippen LogP contribution is -2.22. The van der Waals surface area contributed by atoms with E-state index in [-0.39, 0.29) is 17.6 Å². The molecule has 2 heterocycles. The van der Waals surface area contributed by atoms with Crippen LogP contribution in [0.2, 0.25) is 0 Å². The van der Waals surface area contributed by atoms with E-state index in [0.717, 1.165) is 17.6 Å². The van der Waals surface area contributed by atoms with Crippen molar-refractivity contribution in [3.05, 3.63) is 34.7 Å². The van der Waals surface area contributed by atoms with Gasteiger partial charge in [-0.25, -0.2) is 13.4 Å².